The summed E-state index contributed by atoms with van der Waals surface area (Å²) < 4.78 is 39.3. The Morgan fingerprint density at radius 1 is 1.17 bits per heavy atom. The summed E-state index contributed by atoms with van der Waals surface area (Å²) in [7, 11) is 0. The Morgan fingerprint density at radius 2 is 1.87 bits per heavy atom. The predicted molar refractivity (Wildman–Crippen MR) is 81.9 cm³/mol. The van der Waals surface area contributed by atoms with Crippen LogP contribution in [0.1, 0.15) is 56.1 Å². The van der Waals surface area contributed by atoms with Crippen molar-refractivity contribution in [3.05, 3.63) is 35.4 Å². The first kappa shape index (κ1) is 16.3. The van der Waals surface area contributed by atoms with Crippen LogP contribution in [-0.2, 0) is 11.0 Å². The second-order valence-corrected chi connectivity index (χ2v) is 6.91. The lowest BCUT2D eigenvalue weighted by molar-refractivity contribution is -0.138. The molecule has 1 amide bonds. The largest absolute Gasteiger partial charge is 0.416 e. The number of carbonyl (C=O) groups is 1. The molecule has 2 aliphatic rings. The summed E-state index contributed by atoms with van der Waals surface area (Å²) in [6.45, 7) is 2.13. The Morgan fingerprint density at radius 3 is 2.57 bits per heavy atom. The molecule has 1 N–H and O–H groups in total. The standard InChI is InChI=1S/C18H22F3NO/c1-11-6-2-5-9-16(11)22-17(23)14-10-13(14)12-7-3-4-8-15(12)18(19,20)21/h3-4,7-8,11,13-14,16H,2,5-6,9-10H2,1H3,(H,22,23). The molecule has 2 saturated carbocycles. The maximum absolute atomic E-state index is 13.1. The Labute approximate surface area is 134 Å². The Bertz CT molecular complexity index is 584. The number of hydrogen-bond donors (Lipinski definition) is 1. The van der Waals surface area contributed by atoms with Crippen LogP contribution >= 0.6 is 0 Å². The van der Waals surface area contributed by atoms with Gasteiger partial charge < -0.3 is 5.32 Å². The summed E-state index contributed by atoms with van der Waals surface area (Å²) in [5.41, 5.74) is -0.344. The molecule has 2 fully saturated rings. The third kappa shape index (κ3) is 3.54. The van der Waals surface area contributed by atoms with Crippen LogP contribution in [0.2, 0.25) is 0 Å². The molecule has 2 aliphatic carbocycles. The summed E-state index contributed by atoms with van der Waals surface area (Å²) in [6, 6.07) is 5.79. The van der Waals surface area contributed by atoms with Crippen molar-refractivity contribution < 1.29 is 18.0 Å². The van der Waals surface area contributed by atoms with Crippen LogP contribution < -0.4 is 5.32 Å². The Hall–Kier alpha value is -1.52. The van der Waals surface area contributed by atoms with Crippen LogP contribution in [0.3, 0.4) is 0 Å². The van der Waals surface area contributed by atoms with E-state index in [1.807, 2.05) is 0 Å². The lowest BCUT2D eigenvalue weighted by atomic mass is 9.86. The van der Waals surface area contributed by atoms with Gasteiger partial charge in [0, 0.05) is 12.0 Å². The van der Waals surface area contributed by atoms with Gasteiger partial charge in [-0.15, -0.1) is 0 Å². The molecular weight excluding hydrogens is 303 g/mol. The van der Waals surface area contributed by atoms with E-state index in [0.29, 0.717) is 12.3 Å². The first-order valence-corrected chi connectivity index (χ1v) is 8.34. The molecular formula is C18H22F3NO. The number of nitrogens with one attached hydrogen (secondary N) is 1. The van der Waals surface area contributed by atoms with Crippen molar-refractivity contribution in [3.63, 3.8) is 0 Å². The van der Waals surface area contributed by atoms with Gasteiger partial charge in [-0.1, -0.05) is 38.0 Å². The topological polar surface area (TPSA) is 29.1 Å². The number of hydrogen-bond acceptors (Lipinski definition) is 1. The van der Waals surface area contributed by atoms with Crippen molar-refractivity contribution in [1.82, 2.24) is 5.32 Å². The molecule has 0 spiro atoms. The highest BCUT2D eigenvalue weighted by Crippen LogP contribution is 2.51. The zero-order valence-corrected chi connectivity index (χ0v) is 13.2. The van der Waals surface area contributed by atoms with Crippen LogP contribution in [0, 0.1) is 11.8 Å². The predicted octanol–water partition coefficient (Wildman–Crippen LogP) is 4.50. The van der Waals surface area contributed by atoms with Gasteiger partial charge >= 0.3 is 6.18 Å². The highest BCUT2D eigenvalue weighted by atomic mass is 19.4. The normalized spacial score (nSPS) is 30.8. The van der Waals surface area contributed by atoms with Crippen molar-refractivity contribution in [1.29, 1.82) is 0 Å². The van der Waals surface area contributed by atoms with E-state index >= 15 is 0 Å². The fraction of sp³-hybridized carbons (Fsp3) is 0.611. The summed E-state index contributed by atoms with van der Waals surface area (Å²) in [5, 5.41) is 3.07. The molecule has 0 heterocycles. The average molecular weight is 325 g/mol. The lowest BCUT2D eigenvalue weighted by Gasteiger charge is -2.29. The summed E-state index contributed by atoms with van der Waals surface area (Å²) >= 11 is 0. The van der Waals surface area contributed by atoms with Gasteiger partial charge in [0.25, 0.3) is 0 Å². The number of alkyl halides is 3. The lowest BCUT2D eigenvalue weighted by Crippen LogP contribution is -2.42. The van der Waals surface area contributed by atoms with E-state index in [9.17, 15) is 18.0 Å². The maximum Gasteiger partial charge on any atom is 0.416 e. The first-order chi connectivity index (χ1) is 10.9. The van der Waals surface area contributed by atoms with Gasteiger partial charge in [-0.25, -0.2) is 0 Å². The number of amides is 1. The molecule has 2 nitrogen and oxygen atoms in total. The quantitative estimate of drug-likeness (QED) is 0.871. The third-order valence-corrected chi connectivity index (χ3v) is 5.23. The van der Waals surface area contributed by atoms with Gasteiger partial charge in [-0.3, -0.25) is 4.79 Å². The fourth-order valence-electron chi connectivity index (χ4n) is 3.73. The minimum atomic E-state index is -4.36. The molecule has 23 heavy (non-hydrogen) atoms. The molecule has 4 unspecified atom stereocenters. The minimum Gasteiger partial charge on any atom is -0.353 e. The molecule has 5 heteroatoms. The molecule has 0 radical (unpaired) electrons. The van der Waals surface area contributed by atoms with E-state index in [1.54, 1.807) is 6.07 Å². The van der Waals surface area contributed by atoms with Crippen LogP contribution in [0.5, 0.6) is 0 Å². The van der Waals surface area contributed by atoms with Crippen LogP contribution in [-0.4, -0.2) is 11.9 Å². The van der Waals surface area contributed by atoms with E-state index in [1.165, 1.54) is 18.6 Å². The smallest absolute Gasteiger partial charge is 0.353 e. The molecule has 0 aromatic heterocycles. The molecule has 126 valence electrons. The molecule has 1 aromatic carbocycles. The van der Waals surface area contributed by atoms with E-state index in [-0.39, 0.29) is 29.3 Å². The molecule has 0 bridgehead atoms. The molecule has 4 atom stereocenters. The Kier molecular flexibility index (Phi) is 4.39. The van der Waals surface area contributed by atoms with Crippen LogP contribution in [0.25, 0.3) is 0 Å². The van der Waals surface area contributed by atoms with Crippen LogP contribution in [0.15, 0.2) is 24.3 Å². The second kappa shape index (κ2) is 6.17. The number of rotatable bonds is 3. The van der Waals surface area contributed by atoms with Gasteiger partial charge in [0.1, 0.15) is 0 Å². The highest BCUT2D eigenvalue weighted by molar-refractivity contribution is 5.83. The SMILES string of the molecule is CC1CCCCC1NC(=O)C1CC1c1ccccc1C(F)(F)F. The first-order valence-electron chi connectivity index (χ1n) is 8.34. The monoisotopic (exact) mass is 325 g/mol. The zero-order valence-electron chi connectivity index (χ0n) is 13.2. The van der Waals surface area contributed by atoms with E-state index in [0.717, 1.165) is 25.3 Å². The summed E-state index contributed by atoms with van der Waals surface area (Å²) in [4.78, 5) is 12.4. The molecule has 3 rings (SSSR count). The second-order valence-electron chi connectivity index (χ2n) is 6.91. The summed E-state index contributed by atoms with van der Waals surface area (Å²) in [6.07, 6.45) is 0.538. The van der Waals surface area contributed by atoms with Gasteiger partial charge in [-0.05, 0) is 42.7 Å². The number of halogens is 3. The number of benzene rings is 1. The van der Waals surface area contributed by atoms with Crippen molar-refractivity contribution in [2.24, 2.45) is 11.8 Å². The highest BCUT2D eigenvalue weighted by Gasteiger charge is 2.48. The zero-order chi connectivity index (χ0) is 16.6. The van der Waals surface area contributed by atoms with E-state index in [4.69, 9.17) is 0 Å². The molecule has 0 aliphatic heterocycles. The van der Waals surface area contributed by atoms with Crippen molar-refractivity contribution >= 4 is 5.91 Å². The molecule has 1 aromatic rings. The maximum atomic E-state index is 13.1. The third-order valence-electron chi connectivity index (χ3n) is 5.23. The molecule has 0 saturated heterocycles. The van der Waals surface area contributed by atoms with E-state index in [2.05, 4.69) is 12.2 Å². The van der Waals surface area contributed by atoms with E-state index < -0.39 is 11.7 Å². The van der Waals surface area contributed by atoms with Crippen molar-refractivity contribution in [2.75, 3.05) is 0 Å². The van der Waals surface area contributed by atoms with Crippen LogP contribution in [0.4, 0.5) is 13.2 Å². The number of carbonyl (C=O) groups excluding carboxylic acids is 1. The summed E-state index contributed by atoms with van der Waals surface area (Å²) in [5.74, 6) is -0.238. The fourth-order valence-corrected chi connectivity index (χ4v) is 3.73. The van der Waals surface area contributed by atoms with Gasteiger partial charge in [-0.2, -0.15) is 13.2 Å². The minimum absolute atomic E-state index is 0.0780. The average Bonchev–Trinajstić information content (AvgIpc) is 3.29. The van der Waals surface area contributed by atoms with Crippen molar-refractivity contribution in [2.45, 2.75) is 57.2 Å². The van der Waals surface area contributed by atoms with Gasteiger partial charge in [0.2, 0.25) is 5.91 Å². The van der Waals surface area contributed by atoms with Gasteiger partial charge in [0.05, 0.1) is 5.56 Å². The van der Waals surface area contributed by atoms with Crippen molar-refractivity contribution in [3.8, 4) is 0 Å². The van der Waals surface area contributed by atoms with Gasteiger partial charge in [0.15, 0.2) is 0 Å². The Balaban J connectivity index is 1.66.